The predicted octanol–water partition coefficient (Wildman–Crippen LogP) is 2.76. The van der Waals surface area contributed by atoms with Crippen LogP contribution in [0.2, 0.25) is 0 Å². The first kappa shape index (κ1) is 13.8. The molecule has 1 aromatic carbocycles. The molecule has 1 unspecified atom stereocenters. The van der Waals surface area contributed by atoms with Gasteiger partial charge in [0.25, 0.3) is 0 Å². The minimum absolute atomic E-state index is 0.150. The van der Waals surface area contributed by atoms with Crippen molar-refractivity contribution in [3.8, 4) is 11.8 Å². The Hall–Kier alpha value is -1.30. The summed E-state index contributed by atoms with van der Waals surface area (Å²) in [7, 11) is 0. The fraction of sp³-hybridized carbons (Fsp3) is 0.467. The van der Waals surface area contributed by atoms with Crippen molar-refractivity contribution >= 4 is 0 Å². The molecule has 0 saturated heterocycles. The molecular formula is C15H20O2. The third-order valence-electron chi connectivity index (χ3n) is 2.35. The highest BCUT2D eigenvalue weighted by molar-refractivity contribution is 5.13. The van der Waals surface area contributed by atoms with E-state index in [1.165, 1.54) is 5.56 Å². The summed E-state index contributed by atoms with van der Waals surface area (Å²) in [6, 6.07) is 10.1. The van der Waals surface area contributed by atoms with Crippen LogP contribution >= 0.6 is 0 Å². The second kappa shape index (κ2) is 8.81. The quantitative estimate of drug-likeness (QED) is 0.603. The third-order valence-corrected chi connectivity index (χ3v) is 2.35. The van der Waals surface area contributed by atoms with Crippen molar-refractivity contribution in [1.82, 2.24) is 0 Å². The van der Waals surface area contributed by atoms with Crippen LogP contribution in [0.5, 0.6) is 0 Å². The SMILES string of the molecule is CC(CC#CCCCO)OCc1ccccc1. The first-order valence-electron chi connectivity index (χ1n) is 6.05. The monoisotopic (exact) mass is 232 g/mol. The summed E-state index contributed by atoms with van der Waals surface area (Å²) in [4.78, 5) is 0. The van der Waals surface area contributed by atoms with Crippen LogP contribution in [0, 0.1) is 11.8 Å². The first-order chi connectivity index (χ1) is 8.33. The van der Waals surface area contributed by atoms with E-state index in [0.717, 1.165) is 19.3 Å². The number of aliphatic hydroxyl groups is 1. The highest BCUT2D eigenvalue weighted by Crippen LogP contribution is 2.04. The van der Waals surface area contributed by atoms with Crippen molar-refractivity contribution in [3.05, 3.63) is 35.9 Å². The molecule has 0 bridgehead atoms. The van der Waals surface area contributed by atoms with E-state index in [-0.39, 0.29) is 12.7 Å². The van der Waals surface area contributed by atoms with Crippen molar-refractivity contribution in [1.29, 1.82) is 0 Å². The number of hydrogen-bond donors (Lipinski definition) is 1. The molecular weight excluding hydrogens is 212 g/mol. The van der Waals surface area contributed by atoms with Crippen molar-refractivity contribution < 1.29 is 9.84 Å². The maximum Gasteiger partial charge on any atom is 0.0720 e. The van der Waals surface area contributed by atoms with Gasteiger partial charge in [-0.25, -0.2) is 0 Å². The van der Waals surface area contributed by atoms with Gasteiger partial charge < -0.3 is 9.84 Å². The number of hydrogen-bond acceptors (Lipinski definition) is 2. The molecule has 1 aromatic rings. The first-order valence-corrected chi connectivity index (χ1v) is 6.05. The maximum atomic E-state index is 8.59. The molecule has 0 spiro atoms. The number of benzene rings is 1. The molecule has 0 heterocycles. The Morgan fingerprint density at radius 3 is 2.71 bits per heavy atom. The van der Waals surface area contributed by atoms with Crippen LogP contribution in [0.1, 0.15) is 31.7 Å². The molecule has 1 atom stereocenters. The molecule has 0 aromatic heterocycles. The zero-order valence-electron chi connectivity index (χ0n) is 10.4. The third kappa shape index (κ3) is 6.78. The summed E-state index contributed by atoms with van der Waals surface area (Å²) in [5, 5.41) is 8.59. The highest BCUT2D eigenvalue weighted by Gasteiger charge is 1.99. The van der Waals surface area contributed by atoms with Crippen LogP contribution in [-0.2, 0) is 11.3 Å². The molecule has 0 aliphatic carbocycles. The van der Waals surface area contributed by atoms with E-state index in [2.05, 4.69) is 24.0 Å². The summed E-state index contributed by atoms with van der Waals surface area (Å²) < 4.78 is 5.68. The van der Waals surface area contributed by atoms with Gasteiger partial charge in [0.2, 0.25) is 0 Å². The van der Waals surface area contributed by atoms with E-state index < -0.39 is 0 Å². The summed E-state index contributed by atoms with van der Waals surface area (Å²) in [5.41, 5.74) is 1.19. The molecule has 1 rings (SSSR count). The van der Waals surface area contributed by atoms with Crippen LogP contribution in [0.4, 0.5) is 0 Å². The number of unbranched alkanes of at least 4 members (excludes halogenated alkanes) is 1. The molecule has 0 amide bonds. The predicted molar refractivity (Wildman–Crippen MR) is 69.4 cm³/mol. The Balaban J connectivity index is 2.16. The summed E-state index contributed by atoms with van der Waals surface area (Å²) in [6.07, 6.45) is 2.42. The van der Waals surface area contributed by atoms with E-state index in [9.17, 15) is 0 Å². The molecule has 2 nitrogen and oxygen atoms in total. The van der Waals surface area contributed by atoms with E-state index in [4.69, 9.17) is 9.84 Å². The average Bonchev–Trinajstić information content (AvgIpc) is 2.37. The standard InChI is InChI=1S/C15H20O2/c1-14(9-5-2-3-8-12-16)17-13-15-10-6-4-7-11-15/h4,6-7,10-11,14,16H,3,8-9,12-13H2,1H3. The molecule has 0 radical (unpaired) electrons. The minimum Gasteiger partial charge on any atom is -0.396 e. The lowest BCUT2D eigenvalue weighted by atomic mass is 10.2. The van der Waals surface area contributed by atoms with Crippen molar-refractivity contribution in [3.63, 3.8) is 0 Å². The molecule has 92 valence electrons. The van der Waals surface area contributed by atoms with Crippen molar-refractivity contribution in [2.45, 2.75) is 38.9 Å². The topological polar surface area (TPSA) is 29.5 Å². The lowest BCUT2D eigenvalue weighted by Crippen LogP contribution is -2.06. The Morgan fingerprint density at radius 2 is 2.00 bits per heavy atom. The molecule has 2 heteroatoms. The molecule has 0 aliphatic rings. The van der Waals surface area contributed by atoms with Gasteiger partial charge in [0, 0.05) is 19.4 Å². The van der Waals surface area contributed by atoms with E-state index in [0.29, 0.717) is 6.61 Å². The minimum atomic E-state index is 0.150. The van der Waals surface area contributed by atoms with Gasteiger partial charge in [-0.15, -0.1) is 11.8 Å². The van der Waals surface area contributed by atoms with Gasteiger partial charge in [-0.2, -0.15) is 0 Å². The van der Waals surface area contributed by atoms with Gasteiger partial charge in [-0.1, -0.05) is 30.3 Å². The van der Waals surface area contributed by atoms with Crippen LogP contribution in [0.15, 0.2) is 30.3 Å². The molecule has 0 aliphatic heterocycles. The Morgan fingerprint density at radius 1 is 1.24 bits per heavy atom. The van der Waals surface area contributed by atoms with Crippen molar-refractivity contribution in [2.75, 3.05) is 6.61 Å². The van der Waals surface area contributed by atoms with Gasteiger partial charge in [0.1, 0.15) is 0 Å². The van der Waals surface area contributed by atoms with E-state index in [1.807, 2.05) is 25.1 Å². The van der Waals surface area contributed by atoms with E-state index >= 15 is 0 Å². The lowest BCUT2D eigenvalue weighted by Gasteiger charge is -2.09. The van der Waals surface area contributed by atoms with Crippen molar-refractivity contribution in [2.24, 2.45) is 0 Å². The zero-order valence-corrected chi connectivity index (χ0v) is 10.4. The second-order valence-corrected chi connectivity index (χ2v) is 3.99. The van der Waals surface area contributed by atoms with Crippen LogP contribution in [-0.4, -0.2) is 17.8 Å². The number of ether oxygens (including phenoxy) is 1. The average molecular weight is 232 g/mol. The Bertz CT molecular complexity index is 348. The van der Waals surface area contributed by atoms with Gasteiger partial charge in [-0.05, 0) is 18.9 Å². The number of rotatable bonds is 6. The number of aliphatic hydroxyl groups excluding tert-OH is 1. The lowest BCUT2D eigenvalue weighted by molar-refractivity contribution is 0.0566. The zero-order chi connectivity index (χ0) is 12.3. The smallest absolute Gasteiger partial charge is 0.0720 e. The van der Waals surface area contributed by atoms with Gasteiger partial charge >= 0.3 is 0 Å². The second-order valence-electron chi connectivity index (χ2n) is 3.99. The van der Waals surface area contributed by atoms with Gasteiger partial charge in [-0.3, -0.25) is 0 Å². The molecule has 0 fully saturated rings. The van der Waals surface area contributed by atoms with Crippen LogP contribution in [0.3, 0.4) is 0 Å². The maximum absolute atomic E-state index is 8.59. The van der Waals surface area contributed by atoms with Crippen LogP contribution in [0.25, 0.3) is 0 Å². The fourth-order valence-corrected chi connectivity index (χ4v) is 1.34. The van der Waals surface area contributed by atoms with Gasteiger partial charge in [0.05, 0.1) is 12.7 Å². The Kier molecular flexibility index (Phi) is 7.13. The fourth-order valence-electron chi connectivity index (χ4n) is 1.34. The molecule has 0 saturated carbocycles. The summed E-state index contributed by atoms with van der Waals surface area (Å²) in [5.74, 6) is 6.10. The van der Waals surface area contributed by atoms with E-state index in [1.54, 1.807) is 0 Å². The summed E-state index contributed by atoms with van der Waals surface area (Å²) >= 11 is 0. The summed E-state index contributed by atoms with van der Waals surface area (Å²) in [6.45, 7) is 2.89. The van der Waals surface area contributed by atoms with Crippen LogP contribution < -0.4 is 0 Å². The molecule has 17 heavy (non-hydrogen) atoms. The Labute approximate surface area is 104 Å². The highest BCUT2D eigenvalue weighted by atomic mass is 16.5. The molecule has 1 N–H and O–H groups in total. The van der Waals surface area contributed by atoms with Gasteiger partial charge in [0.15, 0.2) is 0 Å². The largest absolute Gasteiger partial charge is 0.396 e. The normalized spacial score (nSPS) is 11.6.